The number of para-hydroxylation sites is 2. The maximum Gasteiger partial charge on any atom is 0.257 e. The molecule has 0 saturated carbocycles. The van der Waals surface area contributed by atoms with Gasteiger partial charge in [0.25, 0.3) is 5.91 Å². The Morgan fingerprint density at radius 1 is 1.19 bits per heavy atom. The second-order valence-corrected chi connectivity index (χ2v) is 4.76. The van der Waals surface area contributed by atoms with Crippen LogP contribution in [-0.2, 0) is 4.79 Å². The SMILES string of the molecule is O=C1Nc2ccccc2N(C(=O)CCl)c2ccc(F)cc21. The van der Waals surface area contributed by atoms with Gasteiger partial charge in [-0.25, -0.2) is 4.39 Å². The molecular formula is C15H10ClFN2O2. The number of benzene rings is 2. The molecule has 21 heavy (non-hydrogen) atoms. The molecule has 0 aliphatic carbocycles. The minimum absolute atomic E-state index is 0.0877. The Balaban J connectivity index is 2.30. The van der Waals surface area contributed by atoms with E-state index in [1.807, 2.05) is 0 Å². The lowest BCUT2D eigenvalue weighted by Gasteiger charge is -2.23. The molecule has 0 unspecified atom stereocenters. The van der Waals surface area contributed by atoms with Crippen molar-refractivity contribution >= 4 is 40.5 Å². The molecule has 2 aromatic rings. The molecule has 106 valence electrons. The van der Waals surface area contributed by atoms with Crippen molar-refractivity contribution < 1.29 is 14.0 Å². The first-order chi connectivity index (χ1) is 10.1. The minimum atomic E-state index is -0.548. The van der Waals surface area contributed by atoms with E-state index >= 15 is 0 Å². The largest absolute Gasteiger partial charge is 0.320 e. The van der Waals surface area contributed by atoms with Gasteiger partial charge in [-0.05, 0) is 30.3 Å². The van der Waals surface area contributed by atoms with E-state index in [0.29, 0.717) is 17.1 Å². The third kappa shape index (κ3) is 2.25. The van der Waals surface area contributed by atoms with Crippen LogP contribution < -0.4 is 10.2 Å². The van der Waals surface area contributed by atoms with Gasteiger partial charge >= 0.3 is 0 Å². The monoisotopic (exact) mass is 304 g/mol. The van der Waals surface area contributed by atoms with Gasteiger partial charge in [0.05, 0.1) is 22.6 Å². The molecule has 1 heterocycles. The quantitative estimate of drug-likeness (QED) is 0.822. The maximum atomic E-state index is 13.4. The molecule has 2 aromatic carbocycles. The summed E-state index contributed by atoms with van der Waals surface area (Å²) >= 11 is 5.67. The summed E-state index contributed by atoms with van der Waals surface area (Å²) in [5, 5.41) is 2.67. The number of carbonyl (C=O) groups excluding carboxylic acids is 2. The van der Waals surface area contributed by atoms with Gasteiger partial charge in [-0.2, -0.15) is 0 Å². The van der Waals surface area contributed by atoms with Gasteiger partial charge in [-0.3, -0.25) is 14.5 Å². The van der Waals surface area contributed by atoms with E-state index in [1.54, 1.807) is 24.3 Å². The normalized spacial score (nSPS) is 13.0. The zero-order valence-corrected chi connectivity index (χ0v) is 11.5. The van der Waals surface area contributed by atoms with Crippen LogP contribution in [0.1, 0.15) is 10.4 Å². The second kappa shape index (κ2) is 5.18. The fourth-order valence-electron chi connectivity index (χ4n) is 2.31. The summed E-state index contributed by atoms with van der Waals surface area (Å²) in [6, 6.07) is 10.5. The Labute approximate surface area is 125 Å². The van der Waals surface area contributed by atoms with Crippen molar-refractivity contribution in [2.75, 3.05) is 16.1 Å². The van der Waals surface area contributed by atoms with Gasteiger partial charge in [0.15, 0.2) is 0 Å². The molecular weight excluding hydrogens is 295 g/mol. The molecule has 1 N–H and O–H groups in total. The van der Waals surface area contributed by atoms with Gasteiger partial charge in [0.2, 0.25) is 5.91 Å². The Hall–Kier alpha value is -2.40. The van der Waals surface area contributed by atoms with Crippen molar-refractivity contribution in [2.24, 2.45) is 0 Å². The maximum absolute atomic E-state index is 13.4. The fourth-order valence-corrected chi connectivity index (χ4v) is 2.43. The van der Waals surface area contributed by atoms with Crippen molar-refractivity contribution in [1.82, 2.24) is 0 Å². The molecule has 0 aromatic heterocycles. The fraction of sp³-hybridized carbons (Fsp3) is 0.0667. The molecule has 0 atom stereocenters. The average molecular weight is 305 g/mol. The van der Waals surface area contributed by atoms with Gasteiger partial charge in [-0.1, -0.05) is 12.1 Å². The van der Waals surface area contributed by atoms with Gasteiger partial charge in [0, 0.05) is 0 Å². The van der Waals surface area contributed by atoms with Crippen LogP contribution in [0.15, 0.2) is 42.5 Å². The Morgan fingerprint density at radius 2 is 1.95 bits per heavy atom. The first-order valence-corrected chi connectivity index (χ1v) is 6.74. The second-order valence-electron chi connectivity index (χ2n) is 4.50. The number of anilines is 3. The smallest absolute Gasteiger partial charge is 0.257 e. The number of amides is 2. The van der Waals surface area contributed by atoms with Crippen LogP contribution in [0.4, 0.5) is 21.5 Å². The van der Waals surface area contributed by atoms with E-state index in [1.165, 1.54) is 17.0 Å². The van der Waals surface area contributed by atoms with Gasteiger partial charge in [0.1, 0.15) is 11.7 Å². The van der Waals surface area contributed by atoms with Crippen LogP contribution in [0.2, 0.25) is 0 Å². The topological polar surface area (TPSA) is 49.4 Å². The molecule has 6 heteroatoms. The first kappa shape index (κ1) is 13.6. The van der Waals surface area contributed by atoms with E-state index in [0.717, 1.165) is 6.07 Å². The first-order valence-electron chi connectivity index (χ1n) is 6.20. The molecule has 0 saturated heterocycles. The molecule has 0 radical (unpaired) electrons. The Bertz CT molecular complexity index is 748. The van der Waals surface area contributed by atoms with Crippen LogP contribution >= 0.6 is 11.6 Å². The number of nitrogens with zero attached hydrogens (tertiary/aromatic N) is 1. The van der Waals surface area contributed by atoms with Crippen molar-refractivity contribution in [3.8, 4) is 0 Å². The predicted octanol–water partition coefficient (Wildman–Crippen LogP) is 3.29. The Morgan fingerprint density at radius 3 is 2.71 bits per heavy atom. The van der Waals surface area contributed by atoms with Crippen LogP contribution in [0.5, 0.6) is 0 Å². The summed E-state index contributed by atoms with van der Waals surface area (Å²) < 4.78 is 13.4. The average Bonchev–Trinajstić information content (AvgIpc) is 2.61. The third-order valence-electron chi connectivity index (χ3n) is 3.20. The zero-order chi connectivity index (χ0) is 15.0. The van der Waals surface area contributed by atoms with Gasteiger partial charge in [-0.15, -0.1) is 11.6 Å². The van der Waals surface area contributed by atoms with Crippen LogP contribution in [0.25, 0.3) is 0 Å². The number of halogens is 2. The Kier molecular flexibility index (Phi) is 3.35. The number of fused-ring (bicyclic) bond motifs is 2. The summed E-state index contributed by atoms with van der Waals surface area (Å²) in [5.41, 5.74) is 1.37. The van der Waals surface area contributed by atoms with E-state index in [2.05, 4.69) is 5.32 Å². The molecule has 2 amide bonds. The van der Waals surface area contributed by atoms with Crippen molar-refractivity contribution in [3.63, 3.8) is 0 Å². The number of alkyl halides is 1. The van der Waals surface area contributed by atoms with Crippen LogP contribution in [-0.4, -0.2) is 17.7 Å². The van der Waals surface area contributed by atoms with Crippen LogP contribution in [0.3, 0.4) is 0 Å². The number of rotatable bonds is 1. The lowest BCUT2D eigenvalue weighted by atomic mass is 10.1. The molecule has 0 fully saturated rings. The molecule has 0 spiro atoms. The van der Waals surface area contributed by atoms with E-state index in [4.69, 9.17) is 11.6 Å². The van der Waals surface area contributed by atoms with Gasteiger partial charge < -0.3 is 5.32 Å². The highest BCUT2D eigenvalue weighted by Gasteiger charge is 2.28. The predicted molar refractivity (Wildman–Crippen MR) is 78.7 cm³/mol. The summed E-state index contributed by atoms with van der Waals surface area (Å²) in [6.45, 7) is 0. The highest BCUT2D eigenvalue weighted by Crippen LogP contribution is 2.38. The van der Waals surface area contributed by atoms with E-state index in [9.17, 15) is 14.0 Å². The zero-order valence-electron chi connectivity index (χ0n) is 10.8. The minimum Gasteiger partial charge on any atom is -0.320 e. The van der Waals surface area contributed by atoms with Crippen molar-refractivity contribution in [3.05, 3.63) is 53.8 Å². The van der Waals surface area contributed by atoms with Crippen molar-refractivity contribution in [2.45, 2.75) is 0 Å². The number of carbonyl (C=O) groups is 2. The highest BCUT2D eigenvalue weighted by molar-refractivity contribution is 6.31. The third-order valence-corrected chi connectivity index (χ3v) is 3.43. The molecule has 4 nitrogen and oxygen atoms in total. The number of nitrogens with one attached hydrogen (secondary N) is 1. The molecule has 1 aliphatic heterocycles. The number of hydrogen-bond acceptors (Lipinski definition) is 2. The van der Waals surface area contributed by atoms with Crippen molar-refractivity contribution in [1.29, 1.82) is 0 Å². The van der Waals surface area contributed by atoms with Crippen LogP contribution in [0, 0.1) is 5.82 Å². The van der Waals surface area contributed by atoms with E-state index in [-0.39, 0.29) is 11.4 Å². The summed E-state index contributed by atoms with van der Waals surface area (Å²) in [5.74, 6) is -1.66. The molecule has 1 aliphatic rings. The lowest BCUT2D eigenvalue weighted by Crippen LogP contribution is -2.27. The molecule has 3 rings (SSSR count). The number of hydrogen-bond donors (Lipinski definition) is 1. The highest BCUT2D eigenvalue weighted by atomic mass is 35.5. The molecule has 0 bridgehead atoms. The summed E-state index contributed by atoms with van der Waals surface area (Å²) in [7, 11) is 0. The summed E-state index contributed by atoms with van der Waals surface area (Å²) in [6.07, 6.45) is 0. The lowest BCUT2D eigenvalue weighted by molar-refractivity contribution is -0.115. The summed E-state index contributed by atoms with van der Waals surface area (Å²) in [4.78, 5) is 25.8. The standard InChI is InChI=1S/C15H10ClFN2O2/c16-8-14(20)19-12-6-5-9(17)7-10(12)15(21)18-11-3-1-2-4-13(11)19/h1-7H,8H2,(H,18,21). The van der Waals surface area contributed by atoms with E-state index < -0.39 is 17.6 Å².